The van der Waals surface area contributed by atoms with E-state index in [1.165, 1.54) is 32.1 Å². The fourth-order valence-corrected chi connectivity index (χ4v) is 2.02. The first-order chi connectivity index (χ1) is 8.89. The molecule has 0 unspecified atom stereocenters. The van der Waals surface area contributed by atoms with Gasteiger partial charge in [-0.3, -0.25) is 4.79 Å². The molecule has 1 amide bonds. The van der Waals surface area contributed by atoms with Crippen LogP contribution >= 0.6 is 0 Å². The molecule has 0 atom stereocenters. The molecule has 1 N–H and O–H groups in total. The van der Waals surface area contributed by atoms with Crippen LogP contribution < -0.4 is 5.32 Å². The third-order valence-corrected chi connectivity index (χ3v) is 3.25. The van der Waals surface area contributed by atoms with Crippen LogP contribution in [0.2, 0.25) is 0 Å². The molecule has 1 aliphatic carbocycles. The molecule has 110 valence electrons. The van der Waals surface area contributed by atoms with E-state index >= 15 is 0 Å². The molecule has 0 aromatic rings. The molecule has 19 heavy (non-hydrogen) atoms. The van der Waals surface area contributed by atoms with Crippen LogP contribution in [0.1, 0.15) is 52.9 Å². The Morgan fingerprint density at radius 1 is 1.11 bits per heavy atom. The Balaban J connectivity index is 2.09. The van der Waals surface area contributed by atoms with Crippen LogP contribution in [0, 0.1) is 11.3 Å². The Labute approximate surface area is 115 Å². The topological polar surface area (TPSA) is 64.6 Å². The summed E-state index contributed by atoms with van der Waals surface area (Å²) < 4.78 is 9.65. The number of rotatable bonds is 4. The summed E-state index contributed by atoms with van der Waals surface area (Å²) in [4.78, 5) is 22.8. The van der Waals surface area contributed by atoms with Gasteiger partial charge in [0, 0.05) is 6.54 Å². The molecule has 0 heterocycles. The van der Waals surface area contributed by atoms with Gasteiger partial charge in [-0.25, -0.2) is 4.79 Å². The van der Waals surface area contributed by atoms with Crippen molar-refractivity contribution in [1.82, 2.24) is 5.32 Å². The second-order valence-electron chi connectivity index (χ2n) is 6.12. The fourth-order valence-electron chi connectivity index (χ4n) is 2.02. The van der Waals surface area contributed by atoms with Crippen LogP contribution in [0.3, 0.4) is 0 Å². The second-order valence-corrected chi connectivity index (χ2v) is 6.12. The summed E-state index contributed by atoms with van der Waals surface area (Å²) >= 11 is 0. The van der Waals surface area contributed by atoms with E-state index in [4.69, 9.17) is 9.47 Å². The zero-order valence-corrected chi connectivity index (χ0v) is 12.2. The molecule has 1 aliphatic rings. The van der Waals surface area contributed by atoms with Gasteiger partial charge in [-0.1, -0.05) is 19.3 Å². The highest BCUT2D eigenvalue weighted by Crippen LogP contribution is 2.22. The number of amides is 1. The van der Waals surface area contributed by atoms with E-state index in [-0.39, 0.29) is 12.8 Å². The van der Waals surface area contributed by atoms with Crippen LogP contribution in [0.25, 0.3) is 0 Å². The molecular weight excluding hydrogens is 246 g/mol. The number of nitrogens with one attached hydrogen (secondary N) is 1. The molecule has 5 nitrogen and oxygen atoms in total. The lowest BCUT2D eigenvalue weighted by molar-refractivity contribution is -0.161. The third kappa shape index (κ3) is 6.45. The Hall–Kier alpha value is -1.26. The van der Waals surface area contributed by atoms with E-state index in [1.807, 2.05) is 0 Å². The predicted octanol–water partition coefficient (Wildman–Crippen LogP) is 2.84. The lowest BCUT2D eigenvalue weighted by Crippen LogP contribution is -2.32. The average Bonchev–Trinajstić information content (AvgIpc) is 2.36. The molecule has 0 saturated heterocycles. The maximum atomic E-state index is 11.4. The molecular formula is C14H25NO4. The quantitative estimate of drug-likeness (QED) is 0.630. The average molecular weight is 271 g/mol. The number of carbonyl (C=O) groups is 2. The van der Waals surface area contributed by atoms with Crippen LogP contribution in [0.5, 0.6) is 0 Å². The second kappa shape index (κ2) is 7.36. The summed E-state index contributed by atoms with van der Waals surface area (Å²) in [5, 5.41) is 2.71. The fraction of sp³-hybridized carbons (Fsp3) is 0.857. The highest BCUT2D eigenvalue weighted by molar-refractivity contribution is 5.75. The van der Waals surface area contributed by atoms with Gasteiger partial charge in [0.1, 0.15) is 0 Å². The molecule has 0 radical (unpaired) electrons. The van der Waals surface area contributed by atoms with Crippen LogP contribution in [0.15, 0.2) is 0 Å². The van der Waals surface area contributed by atoms with Gasteiger partial charge in [-0.15, -0.1) is 0 Å². The van der Waals surface area contributed by atoms with Crippen molar-refractivity contribution in [3.8, 4) is 0 Å². The van der Waals surface area contributed by atoms with Crippen molar-refractivity contribution in [2.24, 2.45) is 11.3 Å². The molecule has 1 saturated carbocycles. The van der Waals surface area contributed by atoms with E-state index in [0.29, 0.717) is 12.5 Å². The number of esters is 1. The molecule has 0 bridgehead atoms. The van der Waals surface area contributed by atoms with Gasteiger partial charge >= 0.3 is 12.1 Å². The minimum absolute atomic E-state index is 0.327. The number of alkyl carbamates (subject to hydrolysis) is 1. The molecule has 0 aromatic heterocycles. The largest absolute Gasteiger partial charge is 0.427 e. The van der Waals surface area contributed by atoms with Crippen LogP contribution in [-0.2, 0) is 14.3 Å². The predicted molar refractivity (Wildman–Crippen MR) is 71.5 cm³/mol. The molecule has 0 spiro atoms. The van der Waals surface area contributed by atoms with Crippen LogP contribution in [-0.4, -0.2) is 25.4 Å². The summed E-state index contributed by atoms with van der Waals surface area (Å²) in [6, 6.07) is 0. The summed E-state index contributed by atoms with van der Waals surface area (Å²) in [7, 11) is 0. The normalized spacial score (nSPS) is 16.8. The first-order valence-corrected chi connectivity index (χ1v) is 6.97. The van der Waals surface area contributed by atoms with Gasteiger partial charge in [-0.2, -0.15) is 0 Å². The van der Waals surface area contributed by atoms with E-state index in [2.05, 4.69) is 5.32 Å². The Bertz CT molecular complexity index is 303. The third-order valence-electron chi connectivity index (χ3n) is 3.25. The zero-order chi connectivity index (χ0) is 14.3. The summed E-state index contributed by atoms with van der Waals surface area (Å²) in [5.41, 5.74) is -0.581. The van der Waals surface area contributed by atoms with Crippen molar-refractivity contribution in [3.63, 3.8) is 0 Å². The molecule has 0 aliphatic heterocycles. The summed E-state index contributed by atoms with van der Waals surface area (Å²) in [5.74, 6) is 0.172. The number of ether oxygens (including phenoxy) is 2. The minimum Gasteiger partial charge on any atom is -0.427 e. The van der Waals surface area contributed by atoms with Gasteiger partial charge < -0.3 is 14.8 Å². The maximum Gasteiger partial charge on any atom is 0.410 e. The molecule has 1 rings (SSSR count). The monoisotopic (exact) mass is 271 g/mol. The van der Waals surface area contributed by atoms with Gasteiger partial charge in [0.25, 0.3) is 0 Å². The SMILES string of the molecule is CC(C)(C)C(=O)OCOC(=O)NCC1CCCCC1. The minimum atomic E-state index is -0.581. The summed E-state index contributed by atoms with van der Waals surface area (Å²) in [6.07, 6.45) is 5.59. The number of carbonyl (C=O) groups excluding carboxylic acids is 2. The number of hydrogen-bond acceptors (Lipinski definition) is 4. The van der Waals surface area contributed by atoms with Crippen LogP contribution in [0.4, 0.5) is 4.79 Å². The van der Waals surface area contributed by atoms with E-state index in [0.717, 1.165) is 0 Å². The Morgan fingerprint density at radius 2 is 1.74 bits per heavy atom. The first kappa shape index (κ1) is 15.8. The van der Waals surface area contributed by atoms with Gasteiger partial charge in [0.05, 0.1) is 5.41 Å². The zero-order valence-electron chi connectivity index (χ0n) is 12.2. The molecule has 0 aromatic carbocycles. The lowest BCUT2D eigenvalue weighted by Gasteiger charge is -2.21. The molecule has 1 fully saturated rings. The van der Waals surface area contributed by atoms with Crippen molar-refractivity contribution in [2.75, 3.05) is 13.3 Å². The Kier molecular flexibility index (Phi) is 6.12. The first-order valence-electron chi connectivity index (χ1n) is 6.97. The van der Waals surface area contributed by atoms with Crippen molar-refractivity contribution < 1.29 is 19.1 Å². The van der Waals surface area contributed by atoms with Gasteiger partial charge in [0.2, 0.25) is 6.79 Å². The van der Waals surface area contributed by atoms with E-state index < -0.39 is 11.5 Å². The maximum absolute atomic E-state index is 11.4. The highest BCUT2D eigenvalue weighted by atomic mass is 16.7. The number of hydrogen-bond donors (Lipinski definition) is 1. The van der Waals surface area contributed by atoms with Gasteiger partial charge in [-0.05, 0) is 39.5 Å². The highest BCUT2D eigenvalue weighted by Gasteiger charge is 2.23. The van der Waals surface area contributed by atoms with Crippen molar-refractivity contribution in [1.29, 1.82) is 0 Å². The smallest absolute Gasteiger partial charge is 0.410 e. The standard InChI is InChI=1S/C14H25NO4/c1-14(2,3)12(16)18-10-19-13(17)15-9-11-7-5-4-6-8-11/h11H,4-10H2,1-3H3,(H,15,17). The Morgan fingerprint density at radius 3 is 2.32 bits per heavy atom. The summed E-state index contributed by atoms with van der Waals surface area (Å²) in [6.45, 7) is 5.56. The van der Waals surface area contributed by atoms with Gasteiger partial charge in [0.15, 0.2) is 0 Å². The molecule has 5 heteroatoms. The van der Waals surface area contributed by atoms with E-state index in [9.17, 15) is 9.59 Å². The van der Waals surface area contributed by atoms with Crippen molar-refractivity contribution in [2.45, 2.75) is 52.9 Å². The van der Waals surface area contributed by atoms with Crippen molar-refractivity contribution in [3.05, 3.63) is 0 Å². The van der Waals surface area contributed by atoms with E-state index in [1.54, 1.807) is 20.8 Å². The van der Waals surface area contributed by atoms with Crippen molar-refractivity contribution >= 4 is 12.1 Å². The lowest BCUT2D eigenvalue weighted by atomic mass is 9.89.